The Hall–Kier alpha value is -1.03. The molecule has 1 aliphatic rings. The third-order valence-corrected chi connectivity index (χ3v) is 3.16. The second kappa shape index (κ2) is 4.09. The van der Waals surface area contributed by atoms with Crippen molar-refractivity contribution in [2.45, 2.75) is 51.6 Å². The summed E-state index contributed by atoms with van der Waals surface area (Å²) in [6, 6.07) is 2.17. The Morgan fingerprint density at radius 2 is 2.25 bits per heavy atom. The molecule has 2 N–H and O–H groups in total. The number of nitrogens with one attached hydrogen (secondary N) is 2. The second-order valence-corrected chi connectivity index (χ2v) is 5.66. The number of rotatable bonds is 2. The Bertz CT molecular complexity index is 405. The minimum absolute atomic E-state index is 0.00745. The maximum absolute atomic E-state index is 11.8. The lowest BCUT2D eigenvalue weighted by molar-refractivity contribution is 0.454. The van der Waals surface area contributed by atoms with Gasteiger partial charge in [-0.05, 0) is 19.4 Å². The summed E-state index contributed by atoms with van der Waals surface area (Å²) in [5.41, 5.74) is 1.10. The number of nitrogens with zero attached hydrogens (tertiary/aromatic N) is 1. The number of hydrogen-bond donors (Lipinski definition) is 2. The Morgan fingerprint density at radius 3 is 2.75 bits per heavy atom. The quantitative estimate of drug-likeness (QED) is 0.792. The first-order chi connectivity index (χ1) is 7.47. The van der Waals surface area contributed by atoms with Crippen molar-refractivity contribution in [1.29, 1.82) is 0 Å². The highest BCUT2D eigenvalue weighted by molar-refractivity contribution is 5.10. The molecule has 2 rings (SSSR count). The summed E-state index contributed by atoms with van der Waals surface area (Å²) in [6.07, 6.45) is 2.38. The fourth-order valence-corrected chi connectivity index (χ4v) is 2.09. The molecule has 0 aromatic carbocycles. The summed E-state index contributed by atoms with van der Waals surface area (Å²) in [7, 11) is 0. The lowest BCUT2D eigenvalue weighted by Crippen LogP contribution is -2.31. The zero-order chi connectivity index (χ0) is 11.8. The van der Waals surface area contributed by atoms with Gasteiger partial charge in [-0.25, -0.2) is 0 Å². The average Bonchev–Trinajstić information content (AvgIpc) is 2.76. The molecule has 1 aromatic rings. The second-order valence-electron chi connectivity index (χ2n) is 5.66. The van der Waals surface area contributed by atoms with E-state index in [9.17, 15) is 4.79 Å². The first kappa shape index (κ1) is 11.5. The van der Waals surface area contributed by atoms with Crippen molar-refractivity contribution in [3.05, 3.63) is 22.1 Å². The van der Waals surface area contributed by atoms with E-state index in [0.29, 0.717) is 6.04 Å². The summed E-state index contributed by atoms with van der Waals surface area (Å²) in [5, 5.41) is 6.61. The molecule has 0 amide bonds. The predicted molar refractivity (Wildman–Crippen MR) is 64.8 cm³/mol. The Balaban J connectivity index is 2.15. The summed E-state index contributed by atoms with van der Waals surface area (Å²) in [5.74, 6) is 0. The molecule has 4 nitrogen and oxygen atoms in total. The highest BCUT2D eigenvalue weighted by Crippen LogP contribution is 2.18. The molecule has 16 heavy (non-hydrogen) atoms. The van der Waals surface area contributed by atoms with Gasteiger partial charge >= 0.3 is 0 Å². The largest absolute Gasteiger partial charge is 0.312 e. The molecule has 2 heterocycles. The van der Waals surface area contributed by atoms with Crippen LogP contribution < -0.4 is 10.9 Å². The molecule has 1 unspecified atom stereocenters. The van der Waals surface area contributed by atoms with Crippen LogP contribution in [0.1, 0.15) is 39.3 Å². The van der Waals surface area contributed by atoms with E-state index in [1.54, 1.807) is 10.7 Å². The number of aromatic nitrogens is 2. The van der Waals surface area contributed by atoms with E-state index >= 15 is 0 Å². The van der Waals surface area contributed by atoms with E-state index in [-0.39, 0.29) is 11.0 Å². The van der Waals surface area contributed by atoms with E-state index in [2.05, 4.69) is 31.2 Å². The molecule has 0 aliphatic carbocycles. The maximum atomic E-state index is 11.8. The number of aromatic amines is 1. The molecule has 1 aromatic heterocycles. The van der Waals surface area contributed by atoms with Crippen LogP contribution in [-0.4, -0.2) is 22.4 Å². The molecular weight excluding hydrogens is 202 g/mol. The van der Waals surface area contributed by atoms with Crippen LogP contribution in [0.15, 0.2) is 10.9 Å². The normalized spacial score (nSPS) is 21.6. The first-order valence-corrected chi connectivity index (χ1v) is 6.00. The van der Waals surface area contributed by atoms with Gasteiger partial charge in [0.15, 0.2) is 0 Å². The van der Waals surface area contributed by atoms with Crippen LogP contribution in [0.4, 0.5) is 0 Å². The number of H-pyrrole nitrogens is 1. The smallest absolute Gasteiger partial charge is 0.266 e. The van der Waals surface area contributed by atoms with Gasteiger partial charge in [-0.2, -0.15) is 0 Å². The van der Waals surface area contributed by atoms with Crippen molar-refractivity contribution in [1.82, 2.24) is 15.1 Å². The van der Waals surface area contributed by atoms with Gasteiger partial charge < -0.3 is 5.32 Å². The molecule has 0 radical (unpaired) electrons. The van der Waals surface area contributed by atoms with Gasteiger partial charge in [0.2, 0.25) is 0 Å². The van der Waals surface area contributed by atoms with Crippen molar-refractivity contribution < 1.29 is 0 Å². The van der Waals surface area contributed by atoms with E-state index in [0.717, 1.165) is 25.2 Å². The topological polar surface area (TPSA) is 49.8 Å². The monoisotopic (exact) mass is 223 g/mol. The van der Waals surface area contributed by atoms with Gasteiger partial charge in [0.25, 0.3) is 5.56 Å². The Kier molecular flexibility index (Phi) is 2.93. The van der Waals surface area contributed by atoms with Gasteiger partial charge in [0, 0.05) is 23.2 Å². The molecule has 1 saturated heterocycles. The lowest BCUT2D eigenvalue weighted by Gasteiger charge is -2.16. The summed E-state index contributed by atoms with van der Waals surface area (Å²) < 4.78 is 1.73. The standard InChI is InChI=1S/C12H21N3O/c1-12(2,3)10-7-11(16)15(14-10)8-9-5-4-6-13-9/h7,9,13-14H,4-6,8H2,1-3H3. The van der Waals surface area contributed by atoms with Crippen LogP contribution in [-0.2, 0) is 12.0 Å². The van der Waals surface area contributed by atoms with E-state index in [4.69, 9.17) is 0 Å². The third kappa shape index (κ3) is 2.38. The fraction of sp³-hybridized carbons (Fsp3) is 0.750. The van der Waals surface area contributed by atoms with Crippen molar-refractivity contribution in [3.8, 4) is 0 Å². The van der Waals surface area contributed by atoms with Crippen LogP contribution in [0.5, 0.6) is 0 Å². The van der Waals surface area contributed by atoms with Crippen molar-refractivity contribution in [2.24, 2.45) is 0 Å². The molecule has 1 aliphatic heterocycles. The molecule has 0 spiro atoms. The van der Waals surface area contributed by atoms with Gasteiger partial charge in [0.1, 0.15) is 0 Å². The van der Waals surface area contributed by atoms with E-state index in [1.165, 1.54) is 6.42 Å². The average molecular weight is 223 g/mol. The lowest BCUT2D eigenvalue weighted by atomic mass is 9.93. The maximum Gasteiger partial charge on any atom is 0.266 e. The number of hydrogen-bond acceptors (Lipinski definition) is 2. The SMILES string of the molecule is CC(C)(C)c1cc(=O)n(CC2CCCN2)[nH]1. The van der Waals surface area contributed by atoms with Crippen molar-refractivity contribution >= 4 is 0 Å². The van der Waals surface area contributed by atoms with E-state index < -0.39 is 0 Å². The zero-order valence-electron chi connectivity index (χ0n) is 10.3. The molecule has 4 heteroatoms. The van der Waals surface area contributed by atoms with Crippen molar-refractivity contribution in [2.75, 3.05) is 6.54 Å². The Labute approximate surface area is 96.0 Å². The Morgan fingerprint density at radius 1 is 1.50 bits per heavy atom. The van der Waals surface area contributed by atoms with Gasteiger partial charge in [-0.3, -0.25) is 14.6 Å². The minimum atomic E-state index is 0.00745. The van der Waals surface area contributed by atoms with Crippen LogP contribution in [0, 0.1) is 0 Å². The first-order valence-electron chi connectivity index (χ1n) is 6.00. The highest BCUT2D eigenvalue weighted by Gasteiger charge is 2.20. The highest BCUT2D eigenvalue weighted by atomic mass is 16.1. The van der Waals surface area contributed by atoms with Gasteiger partial charge in [-0.15, -0.1) is 0 Å². The molecule has 1 fully saturated rings. The fourth-order valence-electron chi connectivity index (χ4n) is 2.09. The molecule has 90 valence electrons. The third-order valence-electron chi connectivity index (χ3n) is 3.16. The van der Waals surface area contributed by atoms with Crippen molar-refractivity contribution in [3.63, 3.8) is 0 Å². The zero-order valence-corrected chi connectivity index (χ0v) is 10.3. The summed E-state index contributed by atoms with van der Waals surface area (Å²) in [4.78, 5) is 11.8. The van der Waals surface area contributed by atoms with Crippen LogP contribution >= 0.6 is 0 Å². The van der Waals surface area contributed by atoms with Crippen LogP contribution in [0.3, 0.4) is 0 Å². The molecule has 1 atom stereocenters. The summed E-state index contributed by atoms with van der Waals surface area (Å²) >= 11 is 0. The molecular formula is C12H21N3O. The van der Waals surface area contributed by atoms with Crippen LogP contribution in [0.2, 0.25) is 0 Å². The molecule has 0 saturated carbocycles. The minimum Gasteiger partial charge on any atom is -0.312 e. The predicted octanol–water partition coefficient (Wildman–Crippen LogP) is 1.23. The van der Waals surface area contributed by atoms with Gasteiger partial charge in [-0.1, -0.05) is 20.8 Å². The molecule has 0 bridgehead atoms. The van der Waals surface area contributed by atoms with Gasteiger partial charge in [0.05, 0.1) is 6.54 Å². The summed E-state index contributed by atoms with van der Waals surface area (Å²) in [6.45, 7) is 8.16. The van der Waals surface area contributed by atoms with Crippen LogP contribution in [0.25, 0.3) is 0 Å². The van der Waals surface area contributed by atoms with E-state index in [1.807, 2.05) is 0 Å².